The zero-order valence-electron chi connectivity index (χ0n) is 24.0. The van der Waals surface area contributed by atoms with Crippen LogP contribution in [-0.2, 0) is 6.54 Å². The maximum absolute atomic E-state index is 5.02. The first kappa shape index (κ1) is 26.1. The van der Waals surface area contributed by atoms with Gasteiger partial charge in [0, 0.05) is 34.3 Å². The first-order valence-corrected chi connectivity index (χ1v) is 15.5. The predicted octanol–water partition coefficient (Wildman–Crippen LogP) is 10.7. The SMILES string of the molecule is C=Nc1ccccc1N(Cc1ccc(-n2c3ccccc3c3c4sc(-c5ccccc5)nc4ccc32)cc1)c1ccccc1. The first-order valence-electron chi connectivity index (χ1n) is 14.6. The molecular weight excluding hydrogens is 557 g/mol. The molecule has 0 fully saturated rings. The summed E-state index contributed by atoms with van der Waals surface area (Å²) >= 11 is 1.77. The minimum atomic E-state index is 0.702. The van der Waals surface area contributed by atoms with Gasteiger partial charge in [-0.25, -0.2) is 4.98 Å². The van der Waals surface area contributed by atoms with Gasteiger partial charge in [0.1, 0.15) is 5.01 Å². The normalized spacial score (nSPS) is 11.4. The van der Waals surface area contributed by atoms with E-state index in [9.17, 15) is 0 Å². The second-order valence-electron chi connectivity index (χ2n) is 10.8. The van der Waals surface area contributed by atoms with Gasteiger partial charge in [0.15, 0.2) is 0 Å². The van der Waals surface area contributed by atoms with Crippen LogP contribution in [0.25, 0.3) is 48.3 Å². The van der Waals surface area contributed by atoms with Crippen LogP contribution in [0.15, 0.2) is 151 Å². The van der Waals surface area contributed by atoms with Crippen molar-refractivity contribution in [2.45, 2.75) is 6.54 Å². The fourth-order valence-corrected chi connectivity index (χ4v) is 7.23. The van der Waals surface area contributed by atoms with Crippen LogP contribution >= 0.6 is 11.3 Å². The molecule has 0 spiro atoms. The minimum absolute atomic E-state index is 0.702. The third-order valence-electron chi connectivity index (χ3n) is 8.16. The summed E-state index contributed by atoms with van der Waals surface area (Å²) in [5.41, 5.74) is 9.90. The molecule has 44 heavy (non-hydrogen) atoms. The van der Waals surface area contributed by atoms with Crippen molar-refractivity contribution in [1.82, 2.24) is 9.55 Å². The summed E-state index contributed by atoms with van der Waals surface area (Å²) in [4.78, 5) is 11.6. The zero-order valence-corrected chi connectivity index (χ0v) is 24.8. The highest BCUT2D eigenvalue weighted by atomic mass is 32.1. The van der Waals surface area contributed by atoms with Crippen LogP contribution in [0, 0.1) is 0 Å². The van der Waals surface area contributed by atoms with Gasteiger partial charge in [0.05, 0.1) is 32.6 Å². The topological polar surface area (TPSA) is 33.4 Å². The molecule has 0 unspecified atom stereocenters. The van der Waals surface area contributed by atoms with Crippen LogP contribution in [0.2, 0.25) is 0 Å². The molecule has 8 aromatic rings. The van der Waals surface area contributed by atoms with E-state index in [1.54, 1.807) is 11.3 Å². The molecule has 6 aromatic carbocycles. The number of nitrogens with zero attached hydrogens (tertiary/aromatic N) is 4. The van der Waals surface area contributed by atoms with Crippen LogP contribution in [0.5, 0.6) is 0 Å². The Morgan fingerprint density at radius 1 is 0.682 bits per heavy atom. The van der Waals surface area contributed by atoms with E-state index in [4.69, 9.17) is 4.98 Å². The summed E-state index contributed by atoms with van der Waals surface area (Å²) < 4.78 is 3.60. The van der Waals surface area contributed by atoms with Crippen molar-refractivity contribution in [3.63, 3.8) is 0 Å². The maximum atomic E-state index is 5.02. The second kappa shape index (κ2) is 11.0. The van der Waals surface area contributed by atoms with Crippen LogP contribution in [0.3, 0.4) is 0 Å². The molecule has 2 heterocycles. The molecule has 2 aromatic heterocycles. The number of para-hydroxylation sites is 4. The smallest absolute Gasteiger partial charge is 0.124 e. The molecule has 0 radical (unpaired) electrons. The van der Waals surface area contributed by atoms with Crippen molar-refractivity contribution in [3.8, 4) is 16.3 Å². The maximum Gasteiger partial charge on any atom is 0.124 e. The third kappa shape index (κ3) is 4.46. The number of thiazole rings is 1. The molecule has 0 atom stereocenters. The predicted molar refractivity (Wildman–Crippen MR) is 187 cm³/mol. The molecule has 0 saturated heterocycles. The van der Waals surface area contributed by atoms with Gasteiger partial charge in [-0.1, -0.05) is 91.0 Å². The number of aromatic nitrogens is 2. The lowest BCUT2D eigenvalue weighted by atomic mass is 10.1. The Morgan fingerprint density at radius 3 is 2.18 bits per heavy atom. The molecule has 0 aliphatic carbocycles. The lowest BCUT2D eigenvalue weighted by Gasteiger charge is -2.26. The first-order chi connectivity index (χ1) is 21.8. The number of fused-ring (bicyclic) bond motifs is 5. The van der Waals surface area contributed by atoms with Crippen molar-refractivity contribution < 1.29 is 0 Å². The summed E-state index contributed by atoms with van der Waals surface area (Å²) in [7, 11) is 0. The van der Waals surface area contributed by atoms with Gasteiger partial charge < -0.3 is 9.47 Å². The summed E-state index contributed by atoms with van der Waals surface area (Å²) in [5, 5.41) is 3.54. The van der Waals surface area contributed by atoms with Crippen LogP contribution in [0.4, 0.5) is 17.1 Å². The lowest BCUT2D eigenvalue weighted by molar-refractivity contribution is 0.973. The molecule has 210 valence electrons. The Bertz CT molecular complexity index is 2270. The summed E-state index contributed by atoms with van der Waals surface area (Å²) in [5.74, 6) is 0. The van der Waals surface area contributed by atoms with Gasteiger partial charge >= 0.3 is 0 Å². The number of benzene rings is 6. The van der Waals surface area contributed by atoms with Crippen molar-refractivity contribution in [2.24, 2.45) is 4.99 Å². The zero-order chi connectivity index (χ0) is 29.5. The molecule has 0 saturated carbocycles. The molecule has 8 rings (SSSR count). The monoisotopic (exact) mass is 584 g/mol. The van der Waals surface area contributed by atoms with Crippen LogP contribution in [0.1, 0.15) is 5.56 Å². The molecule has 0 aliphatic heterocycles. The largest absolute Gasteiger partial charge is 0.335 e. The van der Waals surface area contributed by atoms with Crippen molar-refractivity contribution in [1.29, 1.82) is 0 Å². The standard InChI is InChI=1S/C39H28N4S/c1-40-32-17-9-11-19-35(32)42(29-14-6-3-7-15-29)26-27-20-22-30(23-21-27)43-34-18-10-8-16-31(34)37-36(43)25-24-33-38(37)44-39(41-33)28-12-4-2-5-13-28/h2-25H,1,26H2. The Morgan fingerprint density at radius 2 is 1.39 bits per heavy atom. The summed E-state index contributed by atoms with van der Waals surface area (Å²) in [6.07, 6.45) is 0. The highest BCUT2D eigenvalue weighted by Gasteiger charge is 2.18. The Hall–Kier alpha value is -5.52. The van der Waals surface area contributed by atoms with Crippen molar-refractivity contribution in [2.75, 3.05) is 4.90 Å². The number of hydrogen-bond acceptors (Lipinski definition) is 4. The van der Waals surface area contributed by atoms with Gasteiger partial charge in [-0.3, -0.25) is 4.99 Å². The average Bonchev–Trinajstić information content (AvgIpc) is 3.68. The summed E-state index contributed by atoms with van der Waals surface area (Å²) in [6, 6.07) is 51.0. The quantitative estimate of drug-likeness (QED) is 0.175. The van der Waals surface area contributed by atoms with E-state index >= 15 is 0 Å². The Balaban J connectivity index is 1.22. The van der Waals surface area contributed by atoms with E-state index in [-0.39, 0.29) is 0 Å². The lowest BCUT2D eigenvalue weighted by Crippen LogP contribution is -2.16. The van der Waals surface area contributed by atoms with Crippen molar-refractivity contribution >= 4 is 67.1 Å². The number of anilines is 2. The Labute approximate surface area is 259 Å². The molecule has 0 N–H and O–H groups in total. The molecular formula is C39H28N4S. The van der Waals surface area contributed by atoms with Crippen LogP contribution in [-0.4, -0.2) is 16.3 Å². The van der Waals surface area contributed by atoms with Gasteiger partial charge in [-0.05, 0) is 66.9 Å². The fourth-order valence-electron chi connectivity index (χ4n) is 6.10. The van der Waals surface area contributed by atoms with E-state index < -0.39 is 0 Å². The van der Waals surface area contributed by atoms with E-state index in [0.717, 1.165) is 38.8 Å². The van der Waals surface area contributed by atoms with Crippen molar-refractivity contribution in [3.05, 3.63) is 151 Å². The van der Waals surface area contributed by atoms with Gasteiger partial charge in [-0.15, -0.1) is 11.3 Å². The van der Waals surface area contributed by atoms with Gasteiger partial charge in [0.2, 0.25) is 0 Å². The van der Waals surface area contributed by atoms with Gasteiger partial charge in [-0.2, -0.15) is 0 Å². The number of aliphatic imine (C=N–C) groups is 1. The third-order valence-corrected chi connectivity index (χ3v) is 9.30. The molecule has 0 aliphatic rings. The number of hydrogen-bond donors (Lipinski definition) is 0. The fraction of sp³-hybridized carbons (Fsp3) is 0.0256. The molecule has 0 bridgehead atoms. The number of rotatable bonds is 7. The minimum Gasteiger partial charge on any atom is -0.335 e. The molecule has 5 heteroatoms. The van der Waals surface area contributed by atoms with E-state index in [1.165, 1.54) is 32.1 Å². The summed E-state index contributed by atoms with van der Waals surface area (Å²) in [6.45, 7) is 4.52. The highest BCUT2D eigenvalue weighted by Crippen LogP contribution is 2.41. The highest BCUT2D eigenvalue weighted by molar-refractivity contribution is 7.22. The Kier molecular flexibility index (Phi) is 6.51. The average molecular weight is 585 g/mol. The second-order valence-corrected chi connectivity index (χ2v) is 11.8. The van der Waals surface area contributed by atoms with E-state index in [2.05, 4.69) is 136 Å². The van der Waals surface area contributed by atoms with E-state index in [0.29, 0.717) is 6.54 Å². The molecule has 4 nitrogen and oxygen atoms in total. The molecule has 0 amide bonds. The van der Waals surface area contributed by atoms with Gasteiger partial charge in [0.25, 0.3) is 0 Å². The van der Waals surface area contributed by atoms with E-state index in [1.807, 2.05) is 30.3 Å². The van der Waals surface area contributed by atoms with Crippen LogP contribution < -0.4 is 4.90 Å².